The van der Waals surface area contributed by atoms with E-state index in [-0.39, 0.29) is 5.75 Å². The third-order valence-corrected chi connectivity index (χ3v) is 3.84. The number of fused-ring (bicyclic) bond motifs is 1. The van der Waals surface area contributed by atoms with Crippen molar-refractivity contribution in [1.82, 2.24) is 5.32 Å². The van der Waals surface area contributed by atoms with E-state index >= 15 is 0 Å². The van der Waals surface area contributed by atoms with E-state index in [9.17, 15) is 5.11 Å². The lowest BCUT2D eigenvalue weighted by Crippen LogP contribution is -2.32. The van der Waals surface area contributed by atoms with Gasteiger partial charge in [0.25, 0.3) is 0 Å². The van der Waals surface area contributed by atoms with Crippen LogP contribution in [0.1, 0.15) is 44.2 Å². The Hall–Kier alpha value is -1.48. The molecule has 1 aliphatic rings. The fourth-order valence-electron chi connectivity index (χ4n) is 2.95. The van der Waals surface area contributed by atoms with Crippen LogP contribution in [0.5, 0.6) is 11.5 Å². The predicted molar refractivity (Wildman–Crippen MR) is 82.6 cm³/mol. The number of nitrogens with one attached hydrogen (secondary N) is 1. The molecule has 3 heteroatoms. The molecule has 1 aromatic rings. The smallest absolute Gasteiger partial charge is 0.160 e. The largest absolute Gasteiger partial charge is 0.504 e. The number of benzene rings is 1. The van der Waals surface area contributed by atoms with Crippen LogP contribution in [0.2, 0.25) is 0 Å². The number of hydrogen-bond donors (Lipinski definition) is 2. The van der Waals surface area contributed by atoms with Gasteiger partial charge in [-0.05, 0) is 56.5 Å². The molecular weight excluding hydrogens is 250 g/mol. The minimum absolute atomic E-state index is 0.231. The Morgan fingerprint density at radius 2 is 2.20 bits per heavy atom. The summed E-state index contributed by atoms with van der Waals surface area (Å²) < 4.78 is 5.22. The van der Waals surface area contributed by atoms with Crippen molar-refractivity contribution >= 4 is 0 Å². The Labute approximate surface area is 121 Å². The Kier molecular flexibility index (Phi) is 4.71. The fraction of sp³-hybridized carbons (Fsp3) is 0.529. The second-order valence-electron chi connectivity index (χ2n) is 5.76. The summed E-state index contributed by atoms with van der Waals surface area (Å²) in [4.78, 5) is 0. The highest BCUT2D eigenvalue weighted by atomic mass is 16.5. The van der Waals surface area contributed by atoms with E-state index in [2.05, 4.69) is 32.2 Å². The van der Waals surface area contributed by atoms with Gasteiger partial charge in [0.1, 0.15) is 0 Å². The second-order valence-corrected chi connectivity index (χ2v) is 5.76. The summed E-state index contributed by atoms with van der Waals surface area (Å²) >= 11 is 0. The monoisotopic (exact) mass is 275 g/mol. The summed E-state index contributed by atoms with van der Waals surface area (Å²) in [7, 11) is 1.59. The van der Waals surface area contributed by atoms with E-state index in [1.165, 1.54) is 16.7 Å². The first kappa shape index (κ1) is 14.9. The summed E-state index contributed by atoms with van der Waals surface area (Å²) in [5.74, 6) is 1.13. The number of hydrogen-bond acceptors (Lipinski definition) is 3. The highest BCUT2D eigenvalue weighted by Gasteiger charge is 2.31. The van der Waals surface area contributed by atoms with Gasteiger partial charge in [-0.15, -0.1) is 0 Å². The average Bonchev–Trinajstić information content (AvgIpc) is 2.72. The van der Waals surface area contributed by atoms with Gasteiger partial charge in [0.15, 0.2) is 11.5 Å². The molecule has 0 spiro atoms. The Morgan fingerprint density at radius 3 is 2.80 bits per heavy atom. The van der Waals surface area contributed by atoms with E-state index in [4.69, 9.17) is 4.74 Å². The van der Waals surface area contributed by atoms with Gasteiger partial charge >= 0.3 is 0 Å². The van der Waals surface area contributed by atoms with Crippen molar-refractivity contribution in [3.63, 3.8) is 0 Å². The van der Waals surface area contributed by atoms with Gasteiger partial charge in [0.05, 0.1) is 7.11 Å². The standard InChI is InChI=1S/C17H25NO2/c1-5-6-18-15-8-12-9-17(20-4)16(19)10-13(12)14(15)7-11(2)3/h7,9-10,14-15,18-19H,5-6,8H2,1-4H3/t14-,15+/m0/s1. The van der Waals surface area contributed by atoms with Gasteiger partial charge in [-0.3, -0.25) is 0 Å². The molecule has 0 radical (unpaired) electrons. The maximum Gasteiger partial charge on any atom is 0.160 e. The van der Waals surface area contributed by atoms with Crippen LogP contribution in [-0.4, -0.2) is 24.8 Å². The van der Waals surface area contributed by atoms with Crippen LogP contribution < -0.4 is 10.1 Å². The molecule has 0 bridgehead atoms. The Morgan fingerprint density at radius 1 is 1.45 bits per heavy atom. The van der Waals surface area contributed by atoms with Crippen LogP contribution in [0.25, 0.3) is 0 Å². The number of methoxy groups -OCH3 is 1. The highest BCUT2D eigenvalue weighted by Crippen LogP contribution is 2.41. The molecule has 0 saturated heterocycles. The first-order valence-corrected chi connectivity index (χ1v) is 7.35. The van der Waals surface area contributed by atoms with Crippen molar-refractivity contribution in [3.8, 4) is 11.5 Å². The van der Waals surface area contributed by atoms with E-state index in [1.807, 2.05) is 12.1 Å². The zero-order valence-corrected chi connectivity index (χ0v) is 12.9. The topological polar surface area (TPSA) is 41.5 Å². The number of ether oxygens (including phenoxy) is 1. The first-order chi connectivity index (χ1) is 9.56. The molecule has 20 heavy (non-hydrogen) atoms. The minimum atomic E-state index is 0.231. The van der Waals surface area contributed by atoms with Crippen LogP contribution in [-0.2, 0) is 6.42 Å². The fourth-order valence-corrected chi connectivity index (χ4v) is 2.95. The Bertz CT molecular complexity index is 504. The third kappa shape index (κ3) is 2.98. The molecule has 2 rings (SSSR count). The molecule has 0 heterocycles. The number of rotatable bonds is 5. The van der Waals surface area contributed by atoms with Crippen LogP contribution in [0.4, 0.5) is 0 Å². The van der Waals surface area contributed by atoms with Crippen LogP contribution in [0.3, 0.4) is 0 Å². The molecule has 2 atom stereocenters. The first-order valence-electron chi connectivity index (χ1n) is 7.35. The van der Waals surface area contributed by atoms with Crippen molar-refractivity contribution in [2.24, 2.45) is 0 Å². The quantitative estimate of drug-likeness (QED) is 0.810. The normalized spacial score (nSPS) is 20.6. The third-order valence-electron chi connectivity index (χ3n) is 3.84. The van der Waals surface area contributed by atoms with Crippen molar-refractivity contribution in [2.45, 2.75) is 45.6 Å². The summed E-state index contributed by atoms with van der Waals surface area (Å²) in [5, 5.41) is 13.6. The van der Waals surface area contributed by atoms with Crippen LogP contribution >= 0.6 is 0 Å². The molecule has 3 nitrogen and oxygen atoms in total. The van der Waals surface area contributed by atoms with E-state index < -0.39 is 0 Å². The predicted octanol–water partition coefficient (Wildman–Crippen LogP) is 3.37. The van der Waals surface area contributed by atoms with Gasteiger partial charge in [-0.2, -0.15) is 0 Å². The number of allylic oxidation sites excluding steroid dienone is 1. The van der Waals surface area contributed by atoms with Crippen molar-refractivity contribution in [2.75, 3.05) is 13.7 Å². The molecule has 0 saturated carbocycles. The van der Waals surface area contributed by atoms with Gasteiger partial charge in [-0.25, -0.2) is 0 Å². The number of phenols is 1. The molecule has 0 unspecified atom stereocenters. The summed E-state index contributed by atoms with van der Waals surface area (Å²) in [6.45, 7) is 7.45. The lowest BCUT2D eigenvalue weighted by atomic mass is 9.95. The molecule has 1 aliphatic carbocycles. The van der Waals surface area contributed by atoms with Crippen LogP contribution in [0.15, 0.2) is 23.8 Å². The Balaban J connectivity index is 2.36. The zero-order chi connectivity index (χ0) is 14.7. The van der Waals surface area contributed by atoms with E-state index in [0.29, 0.717) is 17.7 Å². The minimum Gasteiger partial charge on any atom is -0.504 e. The summed E-state index contributed by atoms with van der Waals surface area (Å²) in [6, 6.07) is 4.25. The van der Waals surface area contributed by atoms with Gasteiger partial charge in [0.2, 0.25) is 0 Å². The van der Waals surface area contributed by atoms with Gasteiger partial charge < -0.3 is 15.2 Å². The maximum absolute atomic E-state index is 10.0. The molecule has 0 aliphatic heterocycles. The molecule has 0 amide bonds. The average molecular weight is 275 g/mol. The van der Waals surface area contributed by atoms with Crippen LogP contribution in [0, 0.1) is 0 Å². The number of phenolic OH excluding ortho intramolecular Hbond substituents is 1. The molecular formula is C17H25NO2. The summed E-state index contributed by atoms with van der Waals surface area (Å²) in [5.41, 5.74) is 3.80. The highest BCUT2D eigenvalue weighted by molar-refractivity contribution is 5.52. The molecule has 0 fully saturated rings. The summed E-state index contributed by atoms with van der Waals surface area (Å²) in [6.07, 6.45) is 4.41. The van der Waals surface area contributed by atoms with E-state index in [0.717, 1.165) is 19.4 Å². The van der Waals surface area contributed by atoms with Crippen molar-refractivity contribution < 1.29 is 9.84 Å². The molecule has 2 N–H and O–H groups in total. The van der Waals surface area contributed by atoms with Gasteiger partial charge in [0, 0.05) is 12.0 Å². The lowest BCUT2D eigenvalue weighted by molar-refractivity contribution is 0.373. The molecule has 0 aromatic heterocycles. The number of aromatic hydroxyl groups is 1. The SMILES string of the molecule is CCCN[C@@H]1Cc2cc(OC)c(O)cc2[C@@H]1C=C(C)C. The van der Waals surface area contributed by atoms with Crippen molar-refractivity contribution in [1.29, 1.82) is 0 Å². The maximum atomic E-state index is 10.0. The van der Waals surface area contributed by atoms with Crippen molar-refractivity contribution in [3.05, 3.63) is 34.9 Å². The lowest BCUT2D eigenvalue weighted by Gasteiger charge is -2.19. The second kappa shape index (κ2) is 6.31. The molecule has 1 aromatic carbocycles. The van der Waals surface area contributed by atoms with Gasteiger partial charge in [-0.1, -0.05) is 18.6 Å². The molecule has 110 valence electrons. The zero-order valence-electron chi connectivity index (χ0n) is 12.9. The van der Waals surface area contributed by atoms with E-state index in [1.54, 1.807) is 7.11 Å².